The molecule has 3 unspecified atom stereocenters. The highest BCUT2D eigenvalue weighted by Gasteiger charge is 2.46. The average Bonchev–Trinajstić information content (AvgIpc) is 3.11. The Morgan fingerprint density at radius 1 is 1.19 bits per heavy atom. The molecule has 1 saturated carbocycles. The molecule has 0 heterocycles. The third-order valence-corrected chi connectivity index (χ3v) is 3.25. The van der Waals surface area contributed by atoms with Gasteiger partial charge in [0.05, 0.1) is 0 Å². The van der Waals surface area contributed by atoms with Crippen LogP contribution in [0.3, 0.4) is 0 Å². The number of rotatable bonds is 5. The summed E-state index contributed by atoms with van der Waals surface area (Å²) >= 11 is 0. The highest BCUT2D eigenvalue weighted by Crippen LogP contribution is 2.50. The largest absolute Gasteiger partial charge is 0.388 e. The highest BCUT2D eigenvalue weighted by atomic mass is 16.7. The normalized spacial score (nSPS) is 25.8. The smallest absolute Gasteiger partial charge is 0.183 e. The summed E-state index contributed by atoms with van der Waals surface area (Å²) in [6.07, 6.45) is -0.0482. The van der Waals surface area contributed by atoms with Gasteiger partial charge in [0.1, 0.15) is 6.10 Å². The number of hydrogen-bond donors (Lipinski definition) is 1. The van der Waals surface area contributed by atoms with Gasteiger partial charge in [0.15, 0.2) is 6.29 Å². The van der Waals surface area contributed by atoms with Crippen molar-refractivity contribution < 1.29 is 14.6 Å². The summed E-state index contributed by atoms with van der Waals surface area (Å²) in [5, 5.41) is 10.0. The predicted molar refractivity (Wildman–Crippen MR) is 61.1 cm³/mol. The monoisotopic (exact) mass is 222 g/mol. The lowest BCUT2D eigenvalue weighted by Crippen LogP contribution is -2.31. The summed E-state index contributed by atoms with van der Waals surface area (Å²) in [6, 6.07) is 10.3. The van der Waals surface area contributed by atoms with E-state index in [4.69, 9.17) is 9.47 Å². The maximum Gasteiger partial charge on any atom is 0.183 e. The molecular formula is C13H18O3. The van der Waals surface area contributed by atoms with Crippen LogP contribution in [0, 0.1) is 5.92 Å². The van der Waals surface area contributed by atoms with Crippen LogP contribution >= 0.6 is 0 Å². The van der Waals surface area contributed by atoms with Crippen LogP contribution in [0.5, 0.6) is 0 Å². The zero-order valence-electron chi connectivity index (χ0n) is 9.67. The van der Waals surface area contributed by atoms with E-state index in [1.54, 1.807) is 14.2 Å². The van der Waals surface area contributed by atoms with Gasteiger partial charge in [-0.3, -0.25) is 0 Å². The molecule has 0 amide bonds. The van der Waals surface area contributed by atoms with E-state index in [0.717, 1.165) is 6.42 Å². The number of methoxy groups -OCH3 is 2. The number of hydrogen-bond acceptors (Lipinski definition) is 3. The van der Waals surface area contributed by atoms with E-state index < -0.39 is 12.4 Å². The van der Waals surface area contributed by atoms with Gasteiger partial charge in [0, 0.05) is 14.2 Å². The Bertz CT molecular complexity index is 321. The van der Waals surface area contributed by atoms with E-state index in [2.05, 4.69) is 12.1 Å². The first-order chi connectivity index (χ1) is 7.77. The minimum atomic E-state index is -0.541. The fraction of sp³-hybridized carbons (Fsp3) is 0.538. The lowest BCUT2D eigenvalue weighted by Gasteiger charge is -2.20. The van der Waals surface area contributed by atoms with Crippen LogP contribution in [-0.2, 0) is 9.47 Å². The van der Waals surface area contributed by atoms with Crippen molar-refractivity contribution in [1.82, 2.24) is 0 Å². The summed E-state index contributed by atoms with van der Waals surface area (Å²) < 4.78 is 10.1. The molecule has 2 rings (SSSR count). The molecule has 3 nitrogen and oxygen atoms in total. The maximum absolute atomic E-state index is 10.0. The minimum Gasteiger partial charge on any atom is -0.388 e. The maximum atomic E-state index is 10.0. The molecule has 0 aliphatic heterocycles. The molecule has 3 heteroatoms. The molecule has 88 valence electrons. The molecular weight excluding hydrogens is 204 g/mol. The molecule has 16 heavy (non-hydrogen) atoms. The van der Waals surface area contributed by atoms with Crippen molar-refractivity contribution >= 4 is 0 Å². The Kier molecular flexibility index (Phi) is 3.59. The second kappa shape index (κ2) is 4.95. The second-order valence-electron chi connectivity index (χ2n) is 4.25. The Balaban J connectivity index is 1.96. The van der Waals surface area contributed by atoms with Crippen molar-refractivity contribution in [3.05, 3.63) is 35.9 Å². The van der Waals surface area contributed by atoms with Gasteiger partial charge >= 0.3 is 0 Å². The van der Waals surface area contributed by atoms with E-state index >= 15 is 0 Å². The molecule has 1 aliphatic rings. The van der Waals surface area contributed by atoms with Gasteiger partial charge in [0.2, 0.25) is 0 Å². The molecule has 0 radical (unpaired) electrons. The van der Waals surface area contributed by atoms with E-state index in [0.29, 0.717) is 5.92 Å². The van der Waals surface area contributed by atoms with E-state index in [1.807, 2.05) is 18.2 Å². The fourth-order valence-corrected chi connectivity index (χ4v) is 2.25. The molecule has 1 aliphatic carbocycles. The van der Waals surface area contributed by atoms with Crippen molar-refractivity contribution in [3.8, 4) is 0 Å². The Labute approximate surface area is 96.0 Å². The first-order valence-corrected chi connectivity index (χ1v) is 5.56. The van der Waals surface area contributed by atoms with E-state index in [9.17, 15) is 5.11 Å². The molecule has 1 aromatic rings. The number of benzene rings is 1. The van der Waals surface area contributed by atoms with Gasteiger partial charge in [-0.2, -0.15) is 0 Å². The first kappa shape index (κ1) is 11.6. The minimum absolute atomic E-state index is 0.257. The SMILES string of the molecule is COC(OC)C(O)C1CC1c1ccccc1. The van der Waals surface area contributed by atoms with Crippen LogP contribution in [0.4, 0.5) is 0 Å². The molecule has 3 atom stereocenters. The van der Waals surface area contributed by atoms with Crippen LogP contribution < -0.4 is 0 Å². The van der Waals surface area contributed by atoms with E-state index in [1.165, 1.54) is 5.56 Å². The topological polar surface area (TPSA) is 38.7 Å². The third kappa shape index (κ3) is 2.26. The lowest BCUT2D eigenvalue weighted by atomic mass is 10.1. The van der Waals surface area contributed by atoms with Crippen molar-refractivity contribution in [1.29, 1.82) is 0 Å². The van der Waals surface area contributed by atoms with Crippen LogP contribution in [0.25, 0.3) is 0 Å². The van der Waals surface area contributed by atoms with Crippen molar-refractivity contribution in [2.75, 3.05) is 14.2 Å². The molecule has 0 aromatic heterocycles. The molecule has 1 aromatic carbocycles. The molecule has 0 spiro atoms. The summed E-state index contributed by atoms with van der Waals surface area (Å²) in [7, 11) is 3.11. The molecule has 1 N–H and O–H groups in total. The summed E-state index contributed by atoms with van der Waals surface area (Å²) in [6.45, 7) is 0. The van der Waals surface area contributed by atoms with Crippen molar-refractivity contribution in [3.63, 3.8) is 0 Å². The molecule has 0 bridgehead atoms. The van der Waals surface area contributed by atoms with Gasteiger partial charge in [-0.15, -0.1) is 0 Å². The molecule has 1 fully saturated rings. The Hall–Kier alpha value is -0.900. The van der Waals surface area contributed by atoms with Crippen molar-refractivity contribution in [2.45, 2.75) is 24.7 Å². The van der Waals surface area contributed by atoms with Gasteiger partial charge in [-0.1, -0.05) is 30.3 Å². The van der Waals surface area contributed by atoms with E-state index in [-0.39, 0.29) is 5.92 Å². The lowest BCUT2D eigenvalue weighted by molar-refractivity contribution is -0.169. The zero-order chi connectivity index (χ0) is 11.5. The first-order valence-electron chi connectivity index (χ1n) is 5.56. The van der Waals surface area contributed by atoms with Gasteiger partial charge < -0.3 is 14.6 Å². The number of ether oxygens (including phenoxy) is 2. The standard InChI is InChI=1S/C13H18O3/c1-15-13(16-2)12(14)11-8-10(11)9-6-4-3-5-7-9/h3-7,10-14H,8H2,1-2H3. The third-order valence-electron chi connectivity index (χ3n) is 3.25. The fourth-order valence-electron chi connectivity index (χ4n) is 2.25. The van der Waals surface area contributed by atoms with Gasteiger partial charge in [-0.05, 0) is 23.8 Å². The quantitative estimate of drug-likeness (QED) is 0.772. The number of aliphatic hydroxyl groups is 1. The molecule has 0 saturated heterocycles. The van der Waals surface area contributed by atoms with Crippen LogP contribution in [-0.4, -0.2) is 31.7 Å². The summed E-state index contributed by atoms with van der Waals surface area (Å²) in [5.74, 6) is 0.705. The highest BCUT2D eigenvalue weighted by molar-refractivity contribution is 5.26. The van der Waals surface area contributed by atoms with Crippen LogP contribution in [0.1, 0.15) is 17.9 Å². The summed E-state index contributed by atoms with van der Waals surface area (Å²) in [4.78, 5) is 0. The van der Waals surface area contributed by atoms with Gasteiger partial charge in [-0.25, -0.2) is 0 Å². The number of aliphatic hydroxyl groups excluding tert-OH is 1. The predicted octanol–water partition coefficient (Wildman–Crippen LogP) is 1.77. The zero-order valence-corrected chi connectivity index (χ0v) is 9.67. The van der Waals surface area contributed by atoms with Crippen LogP contribution in [0.15, 0.2) is 30.3 Å². The van der Waals surface area contributed by atoms with Gasteiger partial charge in [0.25, 0.3) is 0 Å². The van der Waals surface area contributed by atoms with Crippen LogP contribution in [0.2, 0.25) is 0 Å². The van der Waals surface area contributed by atoms with Crippen molar-refractivity contribution in [2.24, 2.45) is 5.92 Å². The summed E-state index contributed by atoms with van der Waals surface area (Å²) in [5.41, 5.74) is 1.29. The average molecular weight is 222 g/mol. The Morgan fingerprint density at radius 3 is 2.38 bits per heavy atom. The second-order valence-corrected chi connectivity index (χ2v) is 4.25. The Morgan fingerprint density at radius 2 is 1.81 bits per heavy atom.